The maximum absolute atomic E-state index is 14.2. The molecule has 4 rings (SSSR count). The van der Waals surface area contributed by atoms with E-state index in [1.165, 1.54) is 12.1 Å². The second-order valence-electron chi connectivity index (χ2n) is 9.97. The third-order valence-electron chi connectivity index (χ3n) is 7.32. The highest BCUT2D eigenvalue weighted by Gasteiger charge is 2.60. The number of benzene rings is 3. The number of hydrogen-bond acceptors (Lipinski definition) is 8. The smallest absolute Gasteiger partial charge is 0.323 e. The lowest BCUT2D eigenvalue weighted by atomic mass is 9.71. The van der Waals surface area contributed by atoms with E-state index in [4.69, 9.17) is 18.9 Å². The van der Waals surface area contributed by atoms with Crippen LogP contribution in [0.4, 0.5) is 0 Å². The molecule has 0 amide bonds. The van der Waals surface area contributed by atoms with Crippen LogP contribution in [0.3, 0.4) is 0 Å². The van der Waals surface area contributed by atoms with Crippen LogP contribution in [0, 0.1) is 12.3 Å². The fourth-order valence-corrected chi connectivity index (χ4v) is 7.13. The minimum atomic E-state index is -4.12. The first kappa shape index (κ1) is 29.5. The molecule has 1 fully saturated rings. The second kappa shape index (κ2) is 12.8. The molecule has 3 aromatic carbocycles. The lowest BCUT2D eigenvalue weighted by Gasteiger charge is -2.44. The minimum Gasteiger partial charge on any atom is -0.468 e. The van der Waals surface area contributed by atoms with Crippen LogP contribution in [-0.2, 0) is 51.6 Å². The van der Waals surface area contributed by atoms with Crippen LogP contribution in [0.2, 0.25) is 0 Å². The summed E-state index contributed by atoms with van der Waals surface area (Å²) >= 11 is 0. The largest absolute Gasteiger partial charge is 0.468 e. The van der Waals surface area contributed by atoms with E-state index < -0.39 is 44.6 Å². The lowest BCUT2D eigenvalue weighted by Crippen LogP contribution is -2.59. The molecule has 1 saturated carbocycles. The van der Waals surface area contributed by atoms with Crippen LogP contribution in [0.15, 0.2) is 89.8 Å². The number of carbonyl (C=O) groups excluding carboxylic acids is 2. The summed E-state index contributed by atoms with van der Waals surface area (Å²) in [6.45, 7) is 2.09. The fraction of sp³-hybridized carbons (Fsp3) is 0.355. The van der Waals surface area contributed by atoms with Crippen LogP contribution in [0.1, 0.15) is 29.5 Å². The van der Waals surface area contributed by atoms with Gasteiger partial charge in [0, 0.05) is 6.42 Å². The van der Waals surface area contributed by atoms with Crippen molar-refractivity contribution in [2.24, 2.45) is 5.41 Å². The number of aryl methyl sites for hydroxylation is 1. The van der Waals surface area contributed by atoms with Crippen molar-refractivity contribution < 1.29 is 37.0 Å². The number of methoxy groups -OCH3 is 2. The molecule has 0 aromatic heterocycles. The first-order valence-corrected chi connectivity index (χ1v) is 14.5. The van der Waals surface area contributed by atoms with Crippen LogP contribution < -0.4 is 0 Å². The monoisotopic (exact) mass is 566 g/mol. The van der Waals surface area contributed by atoms with Crippen molar-refractivity contribution in [1.82, 2.24) is 0 Å². The summed E-state index contributed by atoms with van der Waals surface area (Å²) in [5.74, 6) is -1.75. The van der Waals surface area contributed by atoms with Crippen molar-refractivity contribution in [3.05, 3.63) is 102 Å². The summed E-state index contributed by atoms with van der Waals surface area (Å²) in [7, 11) is -1.80. The number of esters is 2. The van der Waals surface area contributed by atoms with Crippen molar-refractivity contribution in [3.8, 4) is 0 Å². The SMILES string of the molecule is COC(=O)C1(C(=O)OC)C[C@@H](OCc2ccccc2)[C@@H](OCc2ccccc2)[C@@H](S(=O)(=O)c2ccc(C)cc2)C1. The third-order valence-corrected chi connectivity index (χ3v) is 9.49. The Morgan fingerprint density at radius 2 is 1.25 bits per heavy atom. The summed E-state index contributed by atoms with van der Waals surface area (Å²) in [4.78, 5) is 26.5. The zero-order valence-corrected chi connectivity index (χ0v) is 23.6. The van der Waals surface area contributed by atoms with E-state index in [2.05, 4.69) is 0 Å². The first-order valence-electron chi connectivity index (χ1n) is 13.0. The van der Waals surface area contributed by atoms with Gasteiger partial charge in [0.05, 0.1) is 43.7 Å². The van der Waals surface area contributed by atoms with Gasteiger partial charge in [-0.2, -0.15) is 0 Å². The molecule has 1 aliphatic carbocycles. The Hall–Kier alpha value is -3.53. The Morgan fingerprint density at radius 3 is 1.75 bits per heavy atom. The molecule has 8 nitrogen and oxygen atoms in total. The van der Waals surface area contributed by atoms with Gasteiger partial charge in [0.2, 0.25) is 0 Å². The molecule has 0 heterocycles. The zero-order chi connectivity index (χ0) is 28.8. The Kier molecular flexibility index (Phi) is 9.40. The van der Waals surface area contributed by atoms with E-state index >= 15 is 0 Å². The quantitative estimate of drug-likeness (QED) is 0.262. The van der Waals surface area contributed by atoms with Gasteiger partial charge in [0.25, 0.3) is 0 Å². The third kappa shape index (κ3) is 6.27. The predicted octanol–water partition coefficient (Wildman–Crippen LogP) is 4.43. The van der Waals surface area contributed by atoms with Gasteiger partial charge in [-0.3, -0.25) is 9.59 Å². The van der Waals surface area contributed by atoms with Gasteiger partial charge >= 0.3 is 11.9 Å². The molecule has 0 N–H and O–H groups in total. The maximum atomic E-state index is 14.2. The number of sulfone groups is 1. The van der Waals surface area contributed by atoms with Gasteiger partial charge in [-0.1, -0.05) is 78.4 Å². The molecule has 9 heteroatoms. The van der Waals surface area contributed by atoms with Gasteiger partial charge in [-0.05, 0) is 36.6 Å². The van der Waals surface area contributed by atoms with Crippen molar-refractivity contribution in [2.45, 2.75) is 55.3 Å². The van der Waals surface area contributed by atoms with Crippen molar-refractivity contribution in [1.29, 1.82) is 0 Å². The van der Waals surface area contributed by atoms with Crippen LogP contribution in [0.25, 0.3) is 0 Å². The summed E-state index contributed by atoms with van der Waals surface area (Å²) in [5, 5.41) is -1.31. The van der Waals surface area contributed by atoms with Crippen molar-refractivity contribution >= 4 is 21.8 Å². The highest BCUT2D eigenvalue weighted by molar-refractivity contribution is 7.92. The van der Waals surface area contributed by atoms with Crippen molar-refractivity contribution in [2.75, 3.05) is 14.2 Å². The van der Waals surface area contributed by atoms with E-state index in [0.29, 0.717) is 0 Å². The first-order chi connectivity index (χ1) is 19.2. The Labute approximate surface area is 235 Å². The Bertz CT molecular complexity index is 1370. The number of hydrogen-bond donors (Lipinski definition) is 0. The molecule has 0 unspecified atom stereocenters. The maximum Gasteiger partial charge on any atom is 0.323 e. The molecule has 212 valence electrons. The number of ether oxygens (including phenoxy) is 4. The topological polar surface area (TPSA) is 105 Å². The number of carbonyl (C=O) groups is 2. The van der Waals surface area contributed by atoms with E-state index in [0.717, 1.165) is 30.9 Å². The van der Waals surface area contributed by atoms with E-state index in [1.54, 1.807) is 12.1 Å². The van der Waals surface area contributed by atoms with Gasteiger partial charge in [-0.15, -0.1) is 0 Å². The Balaban J connectivity index is 1.81. The van der Waals surface area contributed by atoms with Crippen molar-refractivity contribution in [3.63, 3.8) is 0 Å². The van der Waals surface area contributed by atoms with Crippen LogP contribution >= 0.6 is 0 Å². The van der Waals surface area contributed by atoms with E-state index in [-0.39, 0.29) is 31.0 Å². The Morgan fingerprint density at radius 1 is 0.750 bits per heavy atom. The summed E-state index contributed by atoms with van der Waals surface area (Å²) in [6, 6.07) is 25.1. The highest BCUT2D eigenvalue weighted by atomic mass is 32.2. The van der Waals surface area contributed by atoms with Crippen LogP contribution in [0.5, 0.6) is 0 Å². The van der Waals surface area contributed by atoms with Gasteiger partial charge < -0.3 is 18.9 Å². The molecule has 1 aliphatic rings. The number of rotatable bonds is 10. The summed E-state index contributed by atoms with van der Waals surface area (Å²) in [6.07, 6.45) is -2.51. The highest BCUT2D eigenvalue weighted by Crippen LogP contribution is 2.45. The zero-order valence-electron chi connectivity index (χ0n) is 22.8. The average Bonchev–Trinajstić information content (AvgIpc) is 2.99. The molecule has 3 atom stereocenters. The van der Waals surface area contributed by atoms with E-state index in [1.807, 2.05) is 67.6 Å². The molecule has 0 spiro atoms. The molecule has 3 aromatic rings. The van der Waals surface area contributed by atoms with E-state index in [9.17, 15) is 18.0 Å². The summed E-state index contributed by atoms with van der Waals surface area (Å²) in [5.41, 5.74) is 0.671. The van der Waals surface area contributed by atoms with Gasteiger partial charge in [-0.25, -0.2) is 8.42 Å². The minimum absolute atomic E-state index is 0.0590. The molecule has 0 saturated heterocycles. The normalized spacial score (nSPS) is 20.4. The predicted molar refractivity (Wildman–Crippen MR) is 148 cm³/mol. The van der Waals surface area contributed by atoms with Gasteiger partial charge in [0.1, 0.15) is 6.10 Å². The molecular weight excluding hydrogens is 532 g/mol. The average molecular weight is 567 g/mol. The van der Waals surface area contributed by atoms with Gasteiger partial charge in [0.15, 0.2) is 15.3 Å². The summed E-state index contributed by atoms with van der Waals surface area (Å²) < 4.78 is 51.1. The standard InChI is InChI=1S/C31H34O8S/c1-22-14-16-25(17-15-22)40(34,35)27-19-31(29(32)36-2,30(33)37-3)18-26(38-20-23-10-6-4-7-11-23)28(27)39-21-24-12-8-5-9-13-24/h4-17,26-28H,18-21H2,1-3H3/t26-,27+,28-/m1/s1. The molecule has 0 bridgehead atoms. The van der Waals surface area contributed by atoms with Crippen LogP contribution in [-0.4, -0.2) is 52.0 Å². The molecule has 0 aliphatic heterocycles. The lowest BCUT2D eigenvalue weighted by molar-refractivity contribution is -0.184. The fourth-order valence-electron chi connectivity index (χ4n) is 5.15. The molecule has 40 heavy (non-hydrogen) atoms. The second-order valence-corrected chi connectivity index (χ2v) is 12.1. The molecule has 0 radical (unpaired) electrons. The molecular formula is C31H34O8S.